The van der Waals surface area contributed by atoms with E-state index in [1.165, 1.54) is 24.3 Å². The van der Waals surface area contributed by atoms with E-state index in [0.29, 0.717) is 24.9 Å². The van der Waals surface area contributed by atoms with E-state index in [9.17, 15) is 88.2 Å². The molecule has 29 heteroatoms. The van der Waals surface area contributed by atoms with Crippen molar-refractivity contribution < 1.29 is 88.2 Å². The van der Waals surface area contributed by atoms with Crippen molar-refractivity contribution in [1.82, 2.24) is 47.9 Å². The van der Waals surface area contributed by atoms with Gasteiger partial charge in [-0.1, -0.05) is 12.1 Å². The molecule has 0 fully saturated rings. The van der Waals surface area contributed by atoms with Crippen LogP contribution in [-0.2, 0) is 64.0 Å². The third-order valence-corrected chi connectivity index (χ3v) is 9.75. The van der Waals surface area contributed by atoms with Crippen LogP contribution < -0.4 is 59.3 Å². The summed E-state index contributed by atoms with van der Waals surface area (Å²) >= 11 is 0. The van der Waals surface area contributed by atoms with E-state index in [2.05, 4.69) is 47.9 Å². The van der Waals surface area contributed by atoms with Crippen molar-refractivity contribution in [2.75, 3.05) is 32.7 Å². The predicted octanol–water partition coefficient (Wildman–Crippen LogP) is -7.14. The molecule has 29 nitrogen and oxygen atoms in total. The molecule has 0 spiro atoms. The quantitative estimate of drug-likeness (QED) is 0.0291. The number of hydrogen-bond donors (Lipinski definition) is 17. The van der Waals surface area contributed by atoms with Gasteiger partial charge in [-0.05, 0) is 76.6 Å². The Morgan fingerprint density at radius 1 is 0.514 bits per heavy atom. The standard InChI is InChI=1S/C41H63N11O18/c1-20(53)34(39(67)47-17-29(57)44-16-28(56)45-18-30(58)48-27(41(69)70)5-3-4-14-42)51-31(59)19-46-37(65)25(10-12-32(60)61)50-40(68)35(21(2)54)52-38(66)26(11-13-33(62)63)49-36(64)24(43)15-22-6-8-23(55)9-7-22/h6-9,20-21,24-27,34-35,53-55H,3-5,10-19,42-43H2,1-2H3,(H,44,57)(H,45,56)(H,46,65)(H,47,67)(H,48,58)(H,49,64)(H,50,68)(H,51,59)(H,52,66)(H,60,61)(H,62,63)(H,69,70)/t20-,21-,24+,25+,26+,27+,34+,35+/m1/s1. The van der Waals surface area contributed by atoms with E-state index in [1.807, 2.05) is 0 Å². The molecule has 0 aliphatic rings. The zero-order chi connectivity index (χ0) is 53.1. The van der Waals surface area contributed by atoms with Crippen LogP contribution in [0.3, 0.4) is 0 Å². The van der Waals surface area contributed by atoms with Crippen molar-refractivity contribution in [3.8, 4) is 5.75 Å². The average Bonchev–Trinajstić information content (AvgIpc) is 3.29. The average molecular weight is 998 g/mol. The zero-order valence-electron chi connectivity index (χ0n) is 38.4. The molecule has 0 unspecified atom stereocenters. The Morgan fingerprint density at radius 2 is 0.971 bits per heavy atom. The van der Waals surface area contributed by atoms with E-state index in [1.54, 1.807) is 0 Å². The normalized spacial score (nSPS) is 14.2. The summed E-state index contributed by atoms with van der Waals surface area (Å²) in [6.45, 7) is -0.530. The largest absolute Gasteiger partial charge is 0.508 e. The number of aliphatic hydroxyl groups excluding tert-OH is 2. The Kier molecular flexibility index (Phi) is 27.3. The highest BCUT2D eigenvalue weighted by Crippen LogP contribution is 2.12. The Bertz CT molecular complexity index is 2000. The number of hydrogen-bond acceptors (Lipinski definition) is 17. The summed E-state index contributed by atoms with van der Waals surface area (Å²) in [5.74, 6) is -13.4. The van der Waals surface area contributed by atoms with Crippen molar-refractivity contribution >= 4 is 71.1 Å². The first-order chi connectivity index (χ1) is 32.8. The maximum atomic E-state index is 13.4. The molecule has 0 bridgehead atoms. The van der Waals surface area contributed by atoms with Gasteiger partial charge in [0, 0.05) is 12.8 Å². The molecule has 9 amide bonds. The Balaban J connectivity index is 2.87. The van der Waals surface area contributed by atoms with Crippen LogP contribution in [0.25, 0.3) is 0 Å². The van der Waals surface area contributed by atoms with Gasteiger partial charge >= 0.3 is 17.9 Å². The van der Waals surface area contributed by atoms with Gasteiger partial charge in [0.2, 0.25) is 53.2 Å². The third kappa shape index (κ3) is 24.5. The molecule has 19 N–H and O–H groups in total. The molecule has 0 aromatic heterocycles. The van der Waals surface area contributed by atoms with E-state index in [4.69, 9.17) is 11.5 Å². The fourth-order valence-corrected chi connectivity index (χ4v) is 5.93. The predicted molar refractivity (Wildman–Crippen MR) is 239 cm³/mol. The van der Waals surface area contributed by atoms with Crippen LogP contribution >= 0.6 is 0 Å². The number of carboxylic acids is 3. The molecule has 0 heterocycles. The summed E-state index contributed by atoms with van der Waals surface area (Å²) in [6, 6.07) is -3.80. The van der Waals surface area contributed by atoms with Crippen LogP contribution in [0.1, 0.15) is 64.4 Å². The van der Waals surface area contributed by atoms with E-state index in [-0.39, 0.29) is 18.6 Å². The van der Waals surface area contributed by atoms with Crippen LogP contribution in [0.4, 0.5) is 0 Å². The first kappa shape index (κ1) is 60.5. The number of phenols is 1. The lowest BCUT2D eigenvalue weighted by Crippen LogP contribution is -2.61. The molecule has 8 atom stereocenters. The van der Waals surface area contributed by atoms with Gasteiger partial charge in [0.1, 0.15) is 36.0 Å². The number of carbonyl (C=O) groups is 12. The lowest BCUT2D eigenvalue weighted by atomic mass is 10.0. The van der Waals surface area contributed by atoms with E-state index in [0.717, 1.165) is 13.8 Å². The molecule has 0 radical (unpaired) electrons. The molecule has 390 valence electrons. The lowest BCUT2D eigenvalue weighted by molar-refractivity contribution is -0.142. The highest BCUT2D eigenvalue weighted by atomic mass is 16.4. The second-order valence-corrected chi connectivity index (χ2v) is 15.7. The molecule has 0 aliphatic carbocycles. The maximum absolute atomic E-state index is 13.4. The van der Waals surface area contributed by atoms with Crippen LogP contribution in [0.2, 0.25) is 0 Å². The van der Waals surface area contributed by atoms with Crippen molar-refractivity contribution in [2.24, 2.45) is 11.5 Å². The van der Waals surface area contributed by atoms with Crippen molar-refractivity contribution in [1.29, 1.82) is 0 Å². The third-order valence-electron chi connectivity index (χ3n) is 9.75. The SMILES string of the molecule is C[C@@H](O)[C@H](NC(=O)CNC(=O)[C@H](CCC(=O)O)NC(=O)[C@@H](NC(=O)[C@H](CCC(=O)O)NC(=O)[C@@H](N)Cc1ccc(O)cc1)[C@@H](C)O)C(=O)NCC(=O)NCC(=O)NCC(=O)N[C@@H](CCCCN)C(=O)O. The van der Waals surface area contributed by atoms with Gasteiger partial charge in [-0.3, -0.25) is 52.7 Å². The number of rotatable bonds is 33. The first-order valence-corrected chi connectivity index (χ1v) is 21.7. The van der Waals surface area contributed by atoms with Crippen LogP contribution in [0.15, 0.2) is 24.3 Å². The second kappa shape index (κ2) is 31.5. The number of carbonyl (C=O) groups excluding carboxylic acids is 9. The highest BCUT2D eigenvalue weighted by Gasteiger charge is 2.34. The Morgan fingerprint density at radius 3 is 1.49 bits per heavy atom. The molecular formula is C41H63N11O18. The zero-order valence-corrected chi connectivity index (χ0v) is 38.4. The molecular weight excluding hydrogens is 935 g/mol. The Hall–Kier alpha value is -7.50. The number of amides is 9. The van der Waals surface area contributed by atoms with Gasteiger partial charge in [-0.15, -0.1) is 0 Å². The lowest BCUT2D eigenvalue weighted by Gasteiger charge is -2.27. The summed E-state index contributed by atoms with van der Waals surface area (Å²) in [6.07, 6.45) is -4.79. The minimum atomic E-state index is -1.90. The number of benzene rings is 1. The number of carboxylic acid groups (broad SMARTS) is 3. The number of nitrogens with two attached hydrogens (primary N) is 2. The monoisotopic (exact) mass is 997 g/mol. The minimum Gasteiger partial charge on any atom is -0.508 e. The molecule has 1 aromatic carbocycles. The number of aliphatic carboxylic acids is 3. The van der Waals surface area contributed by atoms with Crippen molar-refractivity contribution in [3.63, 3.8) is 0 Å². The molecule has 0 saturated carbocycles. The van der Waals surface area contributed by atoms with Crippen molar-refractivity contribution in [3.05, 3.63) is 29.8 Å². The molecule has 0 aliphatic heterocycles. The molecule has 1 rings (SSSR count). The first-order valence-electron chi connectivity index (χ1n) is 21.7. The van der Waals surface area contributed by atoms with Crippen LogP contribution in [0, 0.1) is 0 Å². The van der Waals surface area contributed by atoms with Gasteiger partial charge in [-0.25, -0.2) is 4.79 Å². The summed E-state index contributed by atoms with van der Waals surface area (Å²) < 4.78 is 0. The fourth-order valence-electron chi connectivity index (χ4n) is 5.93. The molecule has 70 heavy (non-hydrogen) atoms. The van der Waals surface area contributed by atoms with Crippen molar-refractivity contribution in [2.45, 2.75) is 114 Å². The number of phenolic OH excluding ortho intramolecular Hbond substituents is 1. The number of aliphatic hydroxyl groups is 2. The van der Waals surface area contributed by atoms with Gasteiger partial charge in [-0.2, -0.15) is 0 Å². The smallest absolute Gasteiger partial charge is 0.326 e. The van der Waals surface area contributed by atoms with Crippen LogP contribution in [-0.4, -0.2) is 183 Å². The van der Waals surface area contributed by atoms with Crippen LogP contribution in [0.5, 0.6) is 5.75 Å². The van der Waals surface area contributed by atoms with Gasteiger partial charge in [0.25, 0.3) is 0 Å². The molecule has 1 aromatic rings. The summed E-state index contributed by atoms with van der Waals surface area (Å²) in [5.41, 5.74) is 11.9. The topological polar surface area (TPSA) is 487 Å². The summed E-state index contributed by atoms with van der Waals surface area (Å²) in [4.78, 5) is 149. The Labute approximate surface area is 400 Å². The van der Waals surface area contributed by atoms with Gasteiger partial charge < -0.3 is 90.0 Å². The number of unbranched alkanes of at least 4 members (excludes halogenated alkanes) is 1. The summed E-state index contributed by atoms with van der Waals surface area (Å²) in [7, 11) is 0. The van der Waals surface area contributed by atoms with Gasteiger partial charge in [0.15, 0.2) is 0 Å². The fraction of sp³-hybridized carbons (Fsp3) is 0.561. The summed E-state index contributed by atoms with van der Waals surface area (Å²) in [5, 5.41) is 77.5. The second-order valence-electron chi connectivity index (χ2n) is 15.7. The highest BCUT2D eigenvalue weighted by molar-refractivity contribution is 5.97. The maximum Gasteiger partial charge on any atom is 0.326 e. The van der Waals surface area contributed by atoms with Gasteiger partial charge in [0.05, 0.1) is 44.4 Å². The molecule has 0 saturated heterocycles. The van der Waals surface area contributed by atoms with E-state index < -0.39 is 171 Å². The van der Waals surface area contributed by atoms with E-state index >= 15 is 0 Å². The number of nitrogens with one attached hydrogen (secondary N) is 9. The number of aromatic hydroxyl groups is 1. The minimum absolute atomic E-state index is 0.0472.